The van der Waals surface area contributed by atoms with Crippen molar-refractivity contribution in [1.82, 2.24) is 10.2 Å². The SMILES string of the molecule is CCNC(=O)CN(C)CC(C)(C)C(=O)OC. The minimum Gasteiger partial charge on any atom is -0.469 e. The maximum Gasteiger partial charge on any atom is 0.312 e. The van der Waals surface area contributed by atoms with Crippen molar-refractivity contribution in [2.24, 2.45) is 5.41 Å². The van der Waals surface area contributed by atoms with E-state index in [0.29, 0.717) is 13.1 Å². The molecule has 1 N–H and O–H groups in total. The van der Waals surface area contributed by atoms with Gasteiger partial charge in [0, 0.05) is 13.1 Å². The van der Waals surface area contributed by atoms with Gasteiger partial charge >= 0.3 is 5.97 Å². The standard InChI is InChI=1S/C11H22N2O3/c1-6-12-9(14)7-13(4)8-11(2,3)10(15)16-5/h6-8H2,1-5H3,(H,12,14). The van der Waals surface area contributed by atoms with Gasteiger partial charge in [-0.3, -0.25) is 14.5 Å². The molecule has 0 aromatic rings. The fourth-order valence-electron chi connectivity index (χ4n) is 1.57. The molecular formula is C11H22N2O3. The summed E-state index contributed by atoms with van der Waals surface area (Å²) < 4.78 is 4.70. The van der Waals surface area contributed by atoms with Gasteiger partial charge in [0.2, 0.25) is 5.91 Å². The Balaban J connectivity index is 4.17. The molecule has 1 amide bonds. The first-order chi connectivity index (χ1) is 7.33. The van der Waals surface area contributed by atoms with Crippen molar-refractivity contribution >= 4 is 11.9 Å². The van der Waals surface area contributed by atoms with E-state index >= 15 is 0 Å². The van der Waals surface area contributed by atoms with E-state index in [1.54, 1.807) is 20.9 Å². The molecule has 0 spiro atoms. The van der Waals surface area contributed by atoms with Crippen LogP contribution >= 0.6 is 0 Å². The van der Waals surface area contributed by atoms with E-state index < -0.39 is 5.41 Å². The van der Waals surface area contributed by atoms with Crippen LogP contribution in [0.1, 0.15) is 20.8 Å². The van der Waals surface area contributed by atoms with Crippen LogP contribution in [0.4, 0.5) is 0 Å². The van der Waals surface area contributed by atoms with Gasteiger partial charge in [0.05, 0.1) is 19.1 Å². The topological polar surface area (TPSA) is 58.6 Å². The first-order valence-corrected chi connectivity index (χ1v) is 5.37. The Morgan fingerprint density at radius 1 is 1.38 bits per heavy atom. The lowest BCUT2D eigenvalue weighted by molar-refractivity contribution is -0.152. The van der Waals surface area contributed by atoms with Crippen LogP contribution in [0.5, 0.6) is 0 Å². The summed E-state index contributed by atoms with van der Waals surface area (Å²) in [5.41, 5.74) is -0.601. The largest absolute Gasteiger partial charge is 0.469 e. The summed E-state index contributed by atoms with van der Waals surface area (Å²) in [4.78, 5) is 24.5. The molecule has 0 saturated heterocycles. The molecule has 94 valence electrons. The molecule has 0 aromatic heterocycles. The average Bonchev–Trinajstić information content (AvgIpc) is 2.15. The van der Waals surface area contributed by atoms with Gasteiger partial charge in [0.15, 0.2) is 0 Å². The zero-order valence-electron chi connectivity index (χ0n) is 10.8. The van der Waals surface area contributed by atoms with Crippen molar-refractivity contribution in [3.05, 3.63) is 0 Å². The molecule has 0 atom stereocenters. The van der Waals surface area contributed by atoms with E-state index in [1.807, 2.05) is 11.8 Å². The van der Waals surface area contributed by atoms with Gasteiger partial charge in [-0.1, -0.05) is 0 Å². The summed E-state index contributed by atoms with van der Waals surface area (Å²) in [6.07, 6.45) is 0. The number of hydrogen-bond acceptors (Lipinski definition) is 4. The van der Waals surface area contributed by atoms with Gasteiger partial charge in [-0.05, 0) is 27.8 Å². The van der Waals surface area contributed by atoms with E-state index in [0.717, 1.165) is 0 Å². The summed E-state index contributed by atoms with van der Waals surface area (Å²) in [5.74, 6) is -0.305. The average molecular weight is 230 g/mol. The summed E-state index contributed by atoms with van der Waals surface area (Å²) in [6.45, 7) is 6.86. The molecule has 0 aromatic carbocycles. The number of esters is 1. The molecule has 0 radical (unpaired) electrons. The molecule has 0 heterocycles. The number of ether oxygens (including phenoxy) is 1. The van der Waals surface area contributed by atoms with E-state index in [2.05, 4.69) is 5.32 Å². The Bertz CT molecular complexity index is 252. The lowest BCUT2D eigenvalue weighted by atomic mass is 9.93. The Kier molecular flexibility index (Phi) is 6.03. The monoisotopic (exact) mass is 230 g/mol. The number of amides is 1. The first kappa shape index (κ1) is 14.9. The molecule has 0 rings (SSSR count). The zero-order chi connectivity index (χ0) is 12.8. The number of methoxy groups -OCH3 is 1. The molecule has 5 heteroatoms. The molecule has 0 unspecified atom stereocenters. The van der Waals surface area contributed by atoms with Gasteiger partial charge in [-0.2, -0.15) is 0 Å². The smallest absolute Gasteiger partial charge is 0.312 e. The number of hydrogen-bond donors (Lipinski definition) is 1. The zero-order valence-corrected chi connectivity index (χ0v) is 10.8. The van der Waals surface area contributed by atoms with Gasteiger partial charge < -0.3 is 10.1 Å². The second kappa shape index (κ2) is 6.48. The van der Waals surface area contributed by atoms with Crippen molar-refractivity contribution in [2.45, 2.75) is 20.8 Å². The van der Waals surface area contributed by atoms with Gasteiger partial charge in [-0.15, -0.1) is 0 Å². The second-order valence-corrected chi connectivity index (χ2v) is 4.50. The van der Waals surface area contributed by atoms with Crippen LogP contribution in [0.2, 0.25) is 0 Å². The van der Waals surface area contributed by atoms with E-state index in [9.17, 15) is 9.59 Å². The van der Waals surface area contributed by atoms with Crippen LogP contribution in [0.3, 0.4) is 0 Å². The minimum absolute atomic E-state index is 0.0364. The molecule has 0 saturated carbocycles. The van der Waals surface area contributed by atoms with E-state index in [1.165, 1.54) is 7.11 Å². The van der Waals surface area contributed by atoms with Crippen molar-refractivity contribution in [2.75, 3.05) is 33.8 Å². The van der Waals surface area contributed by atoms with Crippen LogP contribution < -0.4 is 5.32 Å². The van der Waals surface area contributed by atoms with Crippen LogP contribution in [-0.2, 0) is 14.3 Å². The van der Waals surface area contributed by atoms with E-state index in [4.69, 9.17) is 4.74 Å². The van der Waals surface area contributed by atoms with Crippen LogP contribution in [0.15, 0.2) is 0 Å². The highest BCUT2D eigenvalue weighted by atomic mass is 16.5. The molecule has 0 aliphatic heterocycles. The molecule has 0 fully saturated rings. The van der Waals surface area contributed by atoms with Gasteiger partial charge in [-0.25, -0.2) is 0 Å². The Morgan fingerprint density at radius 3 is 2.38 bits per heavy atom. The molecule has 0 aliphatic carbocycles. The molecule has 16 heavy (non-hydrogen) atoms. The number of nitrogens with zero attached hydrogens (tertiary/aromatic N) is 1. The lowest BCUT2D eigenvalue weighted by Crippen LogP contribution is -2.42. The third kappa shape index (κ3) is 5.11. The lowest BCUT2D eigenvalue weighted by Gasteiger charge is -2.27. The highest BCUT2D eigenvalue weighted by molar-refractivity contribution is 5.78. The third-order valence-corrected chi connectivity index (χ3v) is 2.19. The summed E-state index contributed by atoms with van der Waals surface area (Å²) in [5, 5.41) is 2.71. The molecule has 0 aliphatic rings. The summed E-state index contributed by atoms with van der Waals surface area (Å²) in [6, 6.07) is 0. The first-order valence-electron chi connectivity index (χ1n) is 5.37. The quantitative estimate of drug-likeness (QED) is 0.665. The van der Waals surface area contributed by atoms with E-state index in [-0.39, 0.29) is 18.4 Å². The van der Waals surface area contributed by atoms with Crippen molar-refractivity contribution in [1.29, 1.82) is 0 Å². The van der Waals surface area contributed by atoms with Crippen LogP contribution in [0, 0.1) is 5.41 Å². The fraction of sp³-hybridized carbons (Fsp3) is 0.818. The highest BCUT2D eigenvalue weighted by Gasteiger charge is 2.30. The summed E-state index contributed by atoms with van der Waals surface area (Å²) >= 11 is 0. The van der Waals surface area contributed by atoms with Crippen molar-refractivity contribution in [3.8, 4) is 0 Å². The van der Waals surface area contributed by atoms with Gasteiger partial charge in [0.25, 0.3) is 0 Å². The third-order valence-electron chi connectivity index (χ3n) is 2.19. The maximum atomic E-state index is 11.4. The predicted molar refractivity (Wildman–Crippen MR) is 62.0 cm³/mol. The van der Waals surface area contributed by atoms with Crippen molar-refractivity contribution < 1.29 is 14.3 Å². The molecule has 5 nitrogen and oxygen atoms in total. The number of nitrogens with one attached hydrogen (secondary N) is 1. The molecular weight excluding hydrogens is 208 g/mol. The Labute approximate surface area is 97.1 Å². The number of rotatable bonds is 6. The Hall–Kier alpha value is -1.10. The minimum atomic E-state index is -0.601. The second-order valence-electron chi connectivity index (χ2n) is 4.50. The maximum absolute atomic E-state index is 11.4. The van der Waals surface area contributed by atoms with Crippen molar-refractivity contribution in [3.63, 3.8) is 0 Å². The fourth-order valence-corrected chi connectivity index (χ4v) is 1.57. The number of carbonyl (C=O) groups is 2. The molecule has 0 bridgehead atoms. The highest BCUT2D eigenvalue weighted by Crippen LogP contribution is 2.17. The number of likely N-dealkylation sites (N-methyl/N-ethyl adjacent to an activating group) is 2. The predicted octanol–water partition coefficient (Wildman–Crippen LogP) is 0.254. The normalized spacial score (nSPS) is 11.4. The van der Waals surface area contributed by atoms with Crippen LogP contribution in [-0.4, -0.2) is 50.6 Å². The Morgan fingerprint density at radius 2 is 1.94 bits per heavy atom. The van der Waals surface area contributed by atoms with Gasteiger partial charge in [0.1, 0.15) is 0 Å². The number of carbonyl (C=O) groups excluding carboxylic acids is 2. The summed E-state index contributed by atoms with van der Waals surface area (Å²) in [7, 11) is 3.17. The van der Waals surface area contributed by atoms with Crippen LogP contribution in [0.25, 0.3) is 0 Å².